The molecule has 1 aromatic rings. The van der Waals surface area contributed by atoms with Crippen LogP contribution in [0, 0.1) is 29.1 Å². The Balaban J connectivity index is 2.77. The molecule has 1 aliphatic heterocycles. The molecule has 1 aromatic carbocycles. The largest absolute Gasteiger partial charge is 0.456 e. The van der Waals surface area contributed by atoms with Crippen molar-refractivity contribution >= 4 is 47.6 Å². The monoisotopic (exact) mass is 994 g/mol. The van der Waals surface area contributed by atoms with E-state index in [9.17, 15) is 43.6 Å². The van der Waals surface area contributed by atoms with Gasteiger partial charge in [0.2, 0.25) is 23.6 Å². The van der Waals surface area contributed by atoms with Gasteiger partial charge in [-0.15, -0.1) is 0 Å². The third kappa shape index (κ3) is 19.1. The van der Waals surface area contributed by atoms with Crippen LogP contribution in [-0.4, -0.2) is 138 Å². The van der Waals surface area contributed by atoms with Crippen molar-refractivity contribution in [2.45, 2.75) is 163 Å². The lowest BCUT2D eigenvalue weighted by molar-refractivity contribution is -0.160. The Bertz CT molecular complexity index is 2110. The number of hydrogen-bond acceptors (Lipinski definition) is 13. The van der Waals surface area contributed by atoms with Gasteiger partial charge in [0.1, 0.15) is 35.9 Å². The lowest BCUT2D eigenvalue weighted by Crippen LogP contribution is -2.60. The topological polar surface area (TPSA) is 263 Å². The number of unbranched alkanes of at least 4 members (excludes halogenated alkanes) is 2. The number of cyclic esters (lactones) is 2. The van der Waals surface area contributed by atoms with Gasteiger partial charge in [-0.2, -0.15) is 5.26 Å². The van der Waals surface area contributed by atoms with Gasteiger partial charge in [0.25, 0.3) is 5.91 Å². The maximum absolute atomic E-state index is 14.3. The molecule has 8 atom stereocenters. The summed E-state index contributed by atoms with van der Waals surface area (Å²) in [6.07, 6.45) is 1.27. The first-order valence-electron chi connectivity index (χ1n) is 24.5. The second-order valence-electron chi connectivity index (χ2n) is 19.5. The lowest BCUT2D eigenvalue weighted by Gasteiger charge is -2.35. The average Bonchev–Trinajstić information content (AvgIpc) is 3.32. The van der Waals surface area contributed by atoms with Crippen LogP contribution in [0.2, 0.25) is 0 Å². The fourth-order valence-electron chi connectivity index (χ4n) is 7.69. The van der Waals surface area contributed by atoms with Crippen molar-refractivity contribution in [3.63, 3.8) is 0 Å². The number of rotatable bonds is 13. The molecule has 6 amide bonds. The molecular formula is C52H79N7O12. The fraction of sp³-hybridized carbons (Fsp3) is 0.635. The number of nitrogens with zero attached hydrogens (tertiary/aromatic N) is 3. The first kappa shape index (κ1) is 60.8. The maximum Gasteiger partial charge on any atom is 0.407 e. The summed E-state index contributed by atoms with van der Waals surface area (Å²) in [5.74, 6) is -6.54. The molecule has 71 heavy (non-hydrogen) atoms. The third-order valence-corrected chi connectivity index (χ3v) is 12.6. The number of hydrogen-bond donors (Lipinski definition) is 5. The number of nitriles is 1. The fourth-order valence-corrected chi connectivity index (χ4v) is 7.69. The number of amides is 6. The van der Waals surface area contributed by atoms with Crippen molar-refractivity contribution in [1.82, 2.24) is 31.1 Å². The lowest BCUT2D eigenvalue weighted by atomic mass is 9.90. The molecule has 19 heteroatoms. The first-order chi connectivity index (χ1) is 33.3. The third-order valence-electron chi connectivity index (χ3n) is 12.6. The van der Waals surface area contributed by atoms with Gasteiger partial charge >= 0.3 is 18.0 Å². The number of carbonyl (C=O) groups is 8. The van der Waals surface area contributed by atoms with Gasteiger partial charge in [-0.1, -0.05) is 65.3 Å². The van der Waals surface area contributed by atoms with E-state index in [4.69, 9.17) is 19.3 Å². The van der Waals surface area contributed by atoms with E-state index < -0.39 is 108 Å². The van der Waals surface area contributed by atoms with Gasteiger partial charge in [-0.25, -0.2) is 14.4 Å². The van der Waals surface area contributed by atoms with Crippen LogP contribution < -0.4 is 21.3 Å². The Morgan fingerprint density at radius 2 is 1.63 bits per heavy atom. The van der Waals surface area contributed by atoms with E-state index in [2.05, 4.69) is 21.3 Å². The molecule has 0 saturated carbocycles. The van der Waals surface area contributed by atoms with E-state index in [1.807, 2.05) is 26.8 Å². The molecule has 1 aliphatic rings. The van der Waals surface area contributed by atoms with Crippen LogP contribution in [0.5, 0.6) is 0 Å². The molecule has 1 heterocycles. The minimum absolute atomic E-state index is 0.0155. The Kier molecular flexibility index (Phi) is 25.0. The van der Waals surface area contributed by atoms with Crippen molar-refractivity contribution in [2.75, 3.05) is 33.8 Å². The van der Waals surface area contributed by atoms with Gasteiger partial charge < -0.3 is 50.4 Å². The first-order valence-corrected chi connectivity index (χ1v) is 24.5. The quantitative estimate of drug-likeness (QED) is 0.0796. The van der Waals surface area contributed by atoms with Crippen LogP contribution in [0.4, 0.5) is 4.79 Å². The molecule has 2 rings (SSSR count). The number of nitrogens with one attached hydrogen (secondary N) is 4. The van der Waals surface area contributed by atoms with E-state index in [1.54, 1.807) is 58.0 Å². The van der Waals surface area contributed by atoms with Crippen LogP contribution in [0.3, 0.4) is 0 Å². The molecule has 0 radical (unpaired) electrons. The second-order valence-corrected chi connectivity index (χ2v) is 19.5. The van der Waals surface area contributed by atoms with Gasteiger partial charge in [0.15, 0.2) is 6.10 Å². The summed E-state index contributed by atoms with van der Waals surface area (Å²) in [6.45, 7) is 18.0. The molecule has 0 spiro atoms. The smallest absolute Gasteiger partial charge is 0.407 e. The Morgan fingerprint density at radius 1 is 0.986 bits per heavy atom. The van der Waals surface area contributed by atoms with E-state index in [1.165, 1.54) is 47.9 Å². The number of aliphatic hydroxyl groups is 1. The number of likely N-dealkylation sites (N-methyl/N-ethyl adjacent to an activating group) is 2. The minimum atomic E-state index is -1.68. The summed E-state index contributed by atoms with van der Waals surface area (Å²) in [4.78, 5) is 114. The van der Waals surface area contributed by atoms with E-state index >= 15 is 0 Å². The van der Waals surface area contributed by atoms with Crippen LogP contribution in [0.25, 0.3) is 0 Å². The molecule has 0 aliphatic carbocycles. The standard InChI is InChI=1S/C52H79N7O12/c1-14-32(5)43-46(63)57-52(10,11)50(67)71-44(33(6)15-2)35(8)40(70-51(68)54-25-17-16-18-26-60)24-19-34(7)49(66)69-41(27-31(3)4)45(62)55-36(9)47(64)59(13)39(48(65)58(12)30-42(61)56-43)28-37-20-22-38(29-53)23-21-37/h15,19-23,31-32,35-36,39-41,43-44,60H,14,16-18,24-28,30H2,1-13H3,(H,54,68)(H,55,62)(H,56,61)(H,57,63)/b33-15+,34-19+/t32?,35-,36-,39+,40-,41+,43-,44+/m0/s1. The molecule has 0 bridgehead atoms. The highest BCUT2D eigenvalue weighted by Crippen LogP contribution is 2.27. The summed E-state index contributed by atoms with van der Waals surface area (Å²) in [5, 5.41) is 29.4. The van der Waals surface area contributed by atoms with Gasteiger partial charge in [-0.3, -0.25) is 24.0 Å². The Morgan fingerprint density at radius 3 is 2.21 bits per heavy atom. The zero-order valence-electron chi connectivity index (χ0n) is 44.0. The SMILES string of the molecule is C/C=C(\C)[C@H]1OC(=O)C(C)(C)NC(=O)[C@H](C(C)CC)NC(=O)CN(C)C(=O)[C@@H](Cc2ccc(C#N)cc2)N(C)C(=O)[C@H](C)NC(=O)[C@@H](CC(C)C)OC(=O)/C(C)=C/C[C@H](OC(=O)NCCCCCO)[C@@H]1C. The molecule has 0 fully saturated rings. The van der Waals surface area contributed by atoms with Crippen LogP contribution in [0.15, 0.2) is 47.6 Å². The molecular weight excluding hydrogens is 915 g/mol. The molecule has 0 saturated heterocycles. The van der Waals surface area contributed by atoms with Crippen molar-refractivity contribution in [2.24, 2.45) is 17.8 Å². The van der Waals surface area contributed by atoms with Gasteiger partial charge in [0, 0.05) is 51.6 Å². The highest BCUT2D eigenvalue weighted by atomic mass is 16.6. The summed E-state index contributed by atoms with van der Waals surface area (Å²) < 4.78 is 17.9. The van der Waals surface area contributed by atoms with Gasteiger partial charge in [-0.05, 0) is 102 Å². The predicted octanol–water partition coefficient (Wildman–Crippen LogP) is 4.40. The molecule has 19 nitrogen and oxygen atoms in total. The van der Waals surface area contributed by atoms with Crippen molar-refractivity contribution in [1.29, 1.82) is 5.26 Å². The van der Waals surface area contributed by atoms with Crippen molar-refractivity contribution < 1.29 is 57.7 Å². The molecule has 394 valence electrons. The number of aliphatic hydroxyl groups excluding tert-OH is 1. The number of carbonyl (C=O) groups excluding carboxylic acids is 8. The molecule has 5 N–H and O–H groups in total. The van der Waals surface area contributed by atoms with E-state index in [0.29, 0.717) is 42.4 Å². The summed E-state index contributed by atoms with van der Waals surface area (Å²) in [5.41, 5.74) is -0.0569. The average molecular weight is 994 g/mol. The number of esters is 2. The molecule has 1 unspecified atom stereocenters. The Hall–Kier alpha value is -6.29. The normalized spacial score (nSPS) is 25.4. The van der Waals surface area contributed by atoms with Crippen LogP contribution >= 0.6 is 0 Å². The van der Waals surface area contributed by atoms with Gasteiger partial charge in [0.05, 0.1) is 18.2 Å². The predicted molar refractivity (Wildman–Crippen MR) is 266 cm³/mol. The summed E-state index contributed by atoms with van der Waals surface area (Å²) in [6, 6.07) is 4.83. The van der Waals surface area contributed by atoms with Crippen molar-refractivity contribution in [3.05, 3.63) is 58.7 Å². The van der Waals surface area contributed by atoms with E-state index in [-0.39, 0.29) is 43.9 Å². The highest BCUT2D eigenvalue weighted by molar-refractivity contribution is 5.96. The zero-order chi connectivity index (χ0) is 53.7. The maximum atomic E-state index is 14.3. The summed E-state index contributed by atoms with van der Waals surface area (Å²) >= 11 is 0. The zero-order valence-corrected chi connectivity index (χ0v) is 44.0. The number of benzene rings is 1. The van der Waals surface area contributed by atoms with Crippen molar-refractivity contribution in [3.8, 4) is 6.07 Å². The number of allylic oxidation sites excluding steroid dienone is 1. The second kappa shape index (κ2) is 29.1. The van der Waals surface area contributed by atoms with E-state index in [0.717, 1.165) is 9.80 Å². The number of ether oxygens (including phenoxy) is 3. The number of alkyl carbamates (subject to hydrolysis) is 1. The molecule has 0 aromatic heterocycles. The van der Waals surface area contributed by atoms with Crippen LogP contribution in [0.1, 0.15) is 126 Å². The Labute approximate surface area is 419 Å². The summed E-state index contributed by atoms with van der Waals surface area (Å²) in [7, 11) is 2.76. The minimum Gasteiger partial charge on any atom is -0.456 e. The van der Waals surface area contributed by atoms with Crippen LogP contribution in [-0.2, 0) is 54.2 Å². The highest BCUT2D eigenvalue weighted by Gasteiger charge is 2.41.